The van der Waals surface area contributed by atoms with Crippen LogP contribution in [0.15, 0.2) is 41.9 Å². The number of aliphatic imine (C=N–C) groups is 1. The first-order chi connectivity index (χ1) is 10.00. The van der Waals surface area contributed by atoms with Crippen molar-refractivity contribution in [3.63, 3.8) is 0 Å². The summed E-state index contributed by atoms with van der Waals surface area (Å²) in [5.74, 6) is -1.15. The highest BCUT2D eigenvalue weighted by atomic mass is 32.2. The van der Waals surface area contributed by atoms with Crippen LogP contribution in [0.25, 0.3) is 0 Å². The molecule has 0 aromatic heterocycles. The van der Waals surface area contributed by atoms with Crippen LogP contribution in [0.4, 0.5) is 5.69 Å². The molecule has 0 aliphatic carbocycles. The van der Waals surface area contributed by atoms with Gasteiger partial charge in [0.05, 0.1) is 5.69 Å². The maximum atomic E-state index is 12.7. The Kier molecular flexibility index (Phi) is 3.11. The molecule has 2 heterocycles. The Labute approximate surface area is 125 Å². The summed E-state index contributed by atoms with van der Waals surface area (Å²) in [4.78, 5) is 29.7. The fourth-order valence-electron chi connectivity index (χ4n) is 2.65. The summed E-state index contributed by atoms with van der Waals surface area (Å²) in [7, 11) is 0. The summed E-state index contributed by atoms with van der Waals surface area (Å²) in [6.45, 7) is 3.86. The fourth-order valence-corrected chi connectivity index (χ4v) is 3.59. The maximum absolute atomic E-state index is 12.7. The molecule has 2 aliphatic rings. The number of rotatable bonds is 3. The van der Waals surface area contributed by atoms with Crippen LogP contribution >= 0.6 is 11.8 Å². The molecule has 1 aromatic carbocycles. The molecule has 0 fully saturated rings. The average molecular weight is 303 g/mol. The van der Waals surface area contributed by atoms with E-state index in [0.717, 1.165) is 11.8 Å². The Balaban J connectivity index is 2.13. The number of benzene rings is 1. The number of thioether (sulfide) groups is 1. The van der Waals surface area contributed by atoms with Crippen molar-refractivity contribution >= 4 is 34.4 Å². The number of amides is 2. The van der Waals surface area contributed by atoms with E-state index in [1.54, 1.807) is 30.3 Å². The molecule has 21 heavy (non-hydrogen) atoms. The molecule has 3 rings (SSSR count). The third-order valence-corrected chi connectivity index (χ3v) is 4.66. The van der Waals surface area contributed by atoms with Gasteiger partial charge >= 0.3 is 0 Å². The zero-order chi connectivity index (χ0) is 15.2. The summed E-state index contributed by atoms with van der Waals surface area (Å²) in [6.07, 6.45) is 1.56. The van der Waals surface area contributed by atoms with Crippen LogP contribution in [0.1, 0.15) is 5.56 Å². The molecular weight excluding hydrogens is 290 g/mol. The van der Waals surface area contributed by atoms with Crippen LogP contribution in [-0.4, -0.2) is 33.9 Å². The number of para-hydroxylation sites is 1. The highest BCUT2D eigenvalue weighted by molar-refractivity contribution is 8.15. The van der Waals surface area contributed by atoms with Crippen LogP contribution in [0.2, 0.25) is 0 Å². The van der Waals surface area contributed by atoms with Gasteiger partial charge < -0.3 is 15.7 Å². The standard InChI is InChI=1S/C14H13N3O3S/c1-2-7-17-9-6-4-3-5-8(9)14(20,12(17)19)10-11(18)16-13(15)21-10/h2-6,10,20H,1,7H2,(H2,15,16,18). The summed E-state index contributed by atoms with van der Waals surface area (Å²) in [5, 5.41) is 10.0. The molecule has 7 heteroatoms. The average Bonchev–Trinajstić information content (AvgIpc) is 2.91. The molecule has 0 bridgehead atoms. The first-order valence-electron chi connectivity index (χ1n) is 6.29. The first kappa shape index (κ1) is 13.8. The number of hydrogen-bond donors (Lipinski definition) is 2. The number of hydrogen-bond acceptors (Lipinski definition) is 5. The van der Waals surface area contributed by atoms with E-state index >= 15 is 0 Å². The van der Waals surface area contributed by atoms with Gasteiger partial charge in [-0.3, -0.25) is 9.59 Å². The van der Waals surface area contributed by atoms with Gasteiger partial charge in [-0.1, -0.05) is 36.0 Å². The first-order valence-corrected chi connectivity index (χ1v) is 7.17. The third kappa shape index (κ3) is 1.81. The van der Waals surface area contributed by atoms with E-state index in [4.69, 9.17) is 5.73 Å². The van der Waals surface area contributed by atoms with E-state index in [1.807, 2.05) is 0 Å². The maximum Gasteiger partial charge on any atom is 0.265 e. The molecule has 108 valence electrons. The van der Waals surface area contributed by atoms with Gasteiger partial charge in [0.15, 0.2) is 10.8 Å². The van der Waals surface area contributed by atoms with E-state index in [-0.39, 0.29) is 11.7 Å². The number of nitrogens with two attached hydrogens (primary N) is 1. The molecule has 2 unspecified atom stereocenters. The van der Waals surface area contributed by atoms with Crippen LogP contribution < -0.4 is 10.6 Å². The number of carbonyl (C=O) groups excluding carboxylic acids is 2. The van der Waals surface area contributed by atoms with Gasteiger partial charge in [-0.15, -0.1) is 6.58 Å². The van der Waals surface area contributed by atoms with Gasteiger partial charge in [-0.2, -0.15) is 4.99 Å². The molecule has 0 saturated carbocycles. The smallest absolute Gasteiger partial charge is 0.265 e. The monoisotopic (exact) mass is 303 g/mol. The van der Waals surface area contributed by atoms with Crippen LogP contribution in [0.5, 0.6) is 0 Å². The largest absolute Gasteiger partial charge is 0.378 e. The molecule has 0 saturated heterocycles. The summed E-state index contributed by atoms with van der Waals surface area (Å²) >= 11 is 0.912. The van der Waals surface area contributed by atoms with E-state index in [9.17, 15) is 14.7 Å². The zero-order valence-corrected chi connectivity index (χ0v) is 11.8. The highest BCUT2D eigenvalue weighted by Gasteiger charge is 2.58. The molecule has 0 radical (unpaired) electrons. The van der Waals surface area contributed by atoms with Crippen molar-refractivity contribution < 1.29 is 14.7 Å². The fraction of sp³-hybridized carbons (Fsp3) is 0.214. The van der Waals surface area contributed by atoms with Gasteiger partial charge in [-0.25, -0.2) is 0 Å². The second-order valence-corrected chi connectivity index (χ2v) is 5.90. The summed E-state index contributed by atoms with van der Waals surface area (Å²) in [5.41, 5.74) is 4.56. The molecular formula is C14H13N3O3S. The summed E-state index contributed by atoms with van der Waals surface area (Å²) in [6, 6.07) is 6.84. The number of carbonyl (C=O) groups is 2. The number of fused-ring (bicyclic) bond motifs is 1. The van der Waals surface area contributed by atoms with Crippen LogP contribution in [0, 0.1) is 0 Å². The lowest BCUT2D eigenvalue weighted by Crippen LogP contribution is -2.49. The summed E-state index contributed by atoms with van der Waals surface area (Å²) < 4.78 is 0. The van der Waals surface area contributed by atoms with Crippen LogP contribution in [-0.2, 0) is 15.2 Å². The second-order valence-electron chi connectivity index (χ2n) is 4.77. The zero-order valence-electron chi connectivity index (χ0n) is 11.0. The lowest BCUT2D eigenvalue weighted by atomic mass is 9.91. The molecule has 0 spiro atoms. The predicted molar refractivity (Wildman–Crippen MR) is 80.9 cm³/mol. The second kappa shape index (κ2) is 4.71. The topological polar surface area (TPSA) is 96.0 Å². The Hall–Kier alpha value is -2.12. The Morgan fingerprint density at radius 1 is 1.48 bits per heavy atom. The molecule has 6 nitrogen and oxygen atoms in total. The van der Waals surface area contributed by atoms with E-state index < -0.39 is 22.7 Å². The lowest BCUT2D eigenvalue weighted by Gasteiger charge is -2.26. The van der Waals surface area contributed by atoms with Gasteiger partial charge in [-0.05, 0) is 6.07 Å². The van der Waals surface area contributed by atoms with E-state index in [0.29, 0.717) is 11.3 Å². The normalized spacial score (nSPS) is 27.8. The van der Waals surface area contributed by atoms with Crippen molar-refractivity contribution in [1.82, 2.24) is 0 Å². The molecule has 2 amide bonds. The van der Waals surface area contributed by atoms with Crippen molar-refractivity contribution in [3.05, 3.63) is 42.5 Å². The minimum atomic E-state index is -1.95. The minimum absolute atomic E-state index is 0.0610. The van der Waals surface area contributed by atoms with Gasteiger partial charge in [0.25, 0.3) is 11.8 Å². The molecule has 2 aliphatic heterocycles. The van der Waals surface area contributed by atoms with Crippen LogP contribution in [0.3, 0.4) is 0 Å². The third-order valence-electron chi connectivity index (χ3n) is 3.55. The van der Waals surface area contributed by atoms with Crippen molar-refractivity contribution in [1.29, 1.82) is 0 Å². The predicted octanol–water partition coefficient (Wildman–Crippen LogP) is 0.363. The van der Waals surface area contributed by atoms with Gasteiger partial charge in [0, 0.05) is 12.1 Å². The highest BCUT2D eigenvalue weighted by Crippen LogP contribution is 2.47. The number of amidine groups is 1. The quantitative estimate of drug-likeness (QED) is 0.786. The minimum Gasteiger partial charge on any atom is -0.378 e. The number of anilines is 1. The van der Waals surface area contributed by atoms with Crippen molar-refractivity contribution in [2.24, 2.45) is 10.7 Å². The van der Waals surface area contributed by atoms with E-state index in [2.05, 4.69) is 11.6 Å². The number of nitrogens with zero attached hydrogens (tertiary/aromatic N) is 2. The van der Waals surface area contributed by atoms with Crippen molar-refractivity contribution in [2.75, 3.05) is 11.4 Å². The Morgan fingerprint density at radius 2 is 2.19 bits per heavy atom. The SMILES string of the molecule is C=CCN1C(=O)C(O)(C2SC(N)=NC2=O)c2ccccc21. The lowest BCUT2D eigenvalue weighted by molar-refractivity contribution is -0.140. The van der Waals surface area contributed by atoms with Gasteiger partial charge in [0.1, 0.15) is 5.25 Å². The number of aliphatic hydroxyl groups is 1. The van der Waals surface area contributed by atoms with E-state index in [1.165, 1.54) is 4.90 Å². The molecule has 1 aromatic rings. The Morgan fingerprint density at radius 3 is 2.81 bits per heavy atom. The molecule has 3 N–H and O–H groups in total. The molecule has 2 atom stereocenters. The van der Waals surface area contributed by atoms with Crippen molar-refractivity contribution in [3.8, 4) is 0 Å². The van der Waals surface area contributed by atoms with Gasteiger partial charge in [0.2, 0.25) is 0 Å². The Bertz CT molecular complexity index is 688. The van der Waals surface area contributed by atoms with Crippen molar-refractivity contribution in [2.45, 2.75) is 10.9 Å².